The molecule has 1 aliphatic rings. The minimum absolute atomic E-state index is 0.118. The number of urea groups is 1. The van der Waals surface area contributed by atoms with Crippen molar-refractivity contribution in [3.8, 4) is 0 Å². The van der Waals surface area contributed by atoms with E-state index < -0.39 is 5.97 Å². The lowest BCUT2D eigenvalue weighted by atomic mass is 9.94. The number of hydrogen-bond acceptors (Lipinski definition) is 5. The number of esters is 1. The van der Waals surface area contributed by atoms with E-state index in [0.717, 1.165) is 25.7 Å². The smallest absolute Gasteiger partial charge is 0.360 e. The van der Waals surface area contributed by atoms with Crippen LogP contribution in [0.5, 0.6) is 0 Å². The van der Waals surface area contributed by atoms with E-state index in [9.17, 15) is 9.59 Å². The Labute approximate surface area is 142 Å². The molecule has 7 heteroatoms. The molecule has 0 atom stereocenters. The van der Waals surface area contributed by atoms with E-state index >= 15 is 0 Å². The Bertz CT molecular complexity index is 571. The van der Waals surface area contributed by atoms with Gasteiger partial charge in [-0.1, -0.05) is 19.3 Å². The van der Waals surface area contributed by atoms with E-state index in [-0.39, 0.29) is 29.9 Å². The Hall–Kier alpha value is -2.05. The highest BCUT2D eigenvalue weighted by atomic mass is 16.5. The van der Waals surface area contributed by atoms with Gasteiger partial charge in [-0.25, -0.2) is 14.6 Å². The van der Waals surface area contributed by atoms with Crippen molar-refractivity contribution in [2.45, 2.75) is 71.0 Å². The lowest BCUT2D eigenvalue weighted by Crippen LogP contribution is -2.52. The zero-order chi connectivity index (χ0) is 17.7. The molecule has 2 rings (SSSR count). The number of hydrogen-bond donors (Lipinski definition) is 1. The predicted octanol–water partition coefficient (Wildman–Crippen LogP) is 3.10. The van der Waals surface area contributed by atoms with Gasteiger partial charge in [0.15, 0.2) is 5.69 Å². The van der Waals surface area contributed by atoms with Crippen molar-refractivity contribution < 1.29 is 18.7 Å². The van der Waals surface area contributed by atoms with Gasteiger partial charge < -0.3 is 19.4 Å². The largest absolute Gasteiger partial charge is 0.464 e. The van der Waals surface area contributed by atoms with Crippen LogP contribution in [-0.4, -0.2) is 40.6 Å². The maximum atomic E-state index is 12.7. The average Bonchev–Trinajstić information content (AvgIpc) is 2.99. The van der Waals surface area contributed by atoms with Crippen LogP contribution in [0.3, 0.4) is 0 Å². The molecule has 1 aliphatic carbocycles. The van der Waals surface area contributed by atoms with Crippen LogP contribution in [0.25, 0.3) is 0 Å². The Balaban J connectivity index is 2.14. The number of carbonyl (C=O) groups is 2. The van der Waals surface area contributed by atoms with Crippen molar-refractivity contribution in [1.29, 1.82) is 0 Å². The number of amides is 2. The van der Waals surface area contributed by atoms with E-state index in [2.05, 4.69) is 15.0 Å². The number of nitrogens with one attached hydrogen (secondary N) is 1. The van der Waals surface area contributed by atoms with Gasteiger partial charge in [0, 0.05) is 11.6 Å². The molecule has 0 aliphatic heterocycles. The molecular formula is C17H27N3O4. The van der Waals surface area contributed by atoms with Crippen LogP contribution >= 0.6 is 0 Å². The first kappa shape index (κ1) is 18.3. The maximum absolute atomic E-state index is 12.7. The Morgan fingerprint density at radius 2 is 2.00 bits per heavy atom. The topological polar surface area (TPSA) is 84.7 Å². The molecule has 134 valence electrons. The molecule has 1 heterocycles. The number of rotatable bonds is 4. The summed E-state index contributed by atoms with van der Waals surface area (Å²) in [6.07, 6.45) is 6.65. The van der Waals surface area contributed by atoms with Crippen molar-refractivity contribution in [2.75, 3.05) is 7.11 Å². The first-order valence-electron chi connectivity index (χ1n) is 8.41. The maximum Gasteiger partial charge on any atom is 0.360 e. The van der Waals surface area contributed by atoms with Crippen LogP contribution < -0.4 is 5.32 Å². The van der Waals surface area contributed by atoms with Crippen LogP contribution in [0, 0.1) is 0 Å². The first-order valence-corrected chi connectivity index (χ1v) is 8.41. The number of nitrogens with zero attached hydrogens (tertiary/aromatic N) is 2. The molecule has 1 N–H and O–H groups in total. The van der Waals surface area contributed by atoms with Crippen LogP contribution in [-0.2, 0) is 11.3 Å². The van der Waals surface area contributed by atoms with Crippen molar-refractivity contribution >= 4 is 12.0 Å². The Morgan fingerprint density at radius 1 is 1.33 bits per heavy atom. The third-order valence-corrected chi connectivity index (χ3v) is 4.01. The van der Waals surface area contributed by atoms with Gasteiger partial charge in [0.2, 0.25) is 5.89 Å². The summed E-state index contributed by atoms with van der Waals surface area (Å²) >= 11 is 0. The number of ether oxygens (including phenoxy) is 1. The number of methoxy groups -OCH3 is 1. The van der Waals surface area contributed by atoms with Crippen molar-refractivity contribution in [1.82, 2.24) is 15.2 Å². The van der Waals surface area contributed by atoms with Gasteiger partial charge in [0.1, 0.15) is 6.26 Å². The lowest BCUT2D eigenvalue weighted by molar-refractivity contribution is 0.0594. The molecule has 1 saturated carbocycles. The zero-order valence-corrected chi connectivity index (χ0v) is 14.9. The molecule has 0 unspecified atom stereocenters. The van der Waals surface area contributed by atoms with Gasteiger partial charge in [0.25, 0.3) is 0 Å². The summed E-state index contributed by atoms with van der Waals surface area (Å²) in [5.41, 5.74) is -0.204. The standard InChI is InChI=1S/C17H27N3O4/c1-17(2,3)19-16(22)20(12-8-6-5-7-9-12)10-14-18-13(11-24-14)15(21)23-4/h11-12H,5-10H2,1-4H3,(H,19,22). The minimum atomic E-state index is -0.548. The fraction of sp³-hybridized carbons (Fsp3) is 0.706. The molecule has 7 nitrogen and oxygen atoms in total. The molecule has 0 aromatic carbocycles. The van der Waals surface area contributed by atoms with E-state index in [1.165, 1.54) is 19.8 Å². The highest BCUT2D eigenvalue weighted by Gasteiger charge is 2.29. The molecule has 24 heavy (non-hydrogen) atoms. The van der Waals surface area contributed by atoms with E-state index in [1.807, 2.05) is 20.8 Å². The normalized spacial score (nSPS) is 15.8. The van der Waals surface area contributed by atoms with Gasteiger partial charge >= 0.3 is 12.0 Å². The van der Waals surface area contributed by atoms with E-state index in [1.54, 1.807) is 4.90 Å². The monoisotopic (exact) mass is 337 g/mol. The lowest BCUT2D eigenvalue weighted by Gasteiger charge is -2.35. The molecule has 1 fully saturated rings. The Kier molecular flexibility index (Phi) is 5.85. The third kappa shape index (κ3) is 4.97. The van der Waals surface area contributed by atoms with Crippen molar-refractivity contribution in [3.63, 3.8) is 0 Å². The highest BCUT2D eigenvalue weighted by Crippen LogP contribution is 2.24. The molecule has 1 aromatic rings. The summed E-state index contributed by atoms with van der Waals surface area (Å²) in [5.74, 6) is -0.210. The number of oxazole rings is 1. The third-order valence-electron chi connectivity index (χ3n) is 4.01. The fourth-order valence-corrected chi connectivity index (χ4v) is 2.88. The Morgan fingerprint density at radius 3 is 2.58 bits per heavy atom. The van der Waals surface area contributed by atoms with Gasteiger partial charge in [-0.05, 0) is 33.6 Å². The molecule has 2 amide bonds. The van der Waals surface area contributed by atoms with Crippen molar-refractivity contribution in [2.24, 2.45) is 0 Å². The van der Waals surface area contributed by atoms with Crippen LogP contribution in [0.1, 0.15) is 69.3 Å². The zero-order valence-electron chi connectivity index (χ0n) is 14.9. The predicted molar refractivity (Wildman–Crippen MR) is 88.5 cm³/mol. The van der Waals surface area contributed by atoms with Gasteiger partial charge in [-0.3, -0.25) is 0 Å². The number of carbonyl (C=O) groups excluding carboxylic acids is 2. The quantitative estimate of drug-likeness (QED) is 0.853. The van der Waals surface area contributed by atoms with Crippen LogP contribution in [0.4, 0.5) is 4.79 Å². The summed E-state index contributed by atoms with van der Waals surface area (Å²) in [4.78, 5) is 30.1. The van der Waals surface area contributed by atoms with Crippen molar-refractivity contribution in [3.05, 3.63) is 17.8 Å². The van der Waals surface area contributed by atoms with Crippen LogP contribution in [0.15, 0.2) is 10.7 Å². The minimum Gasteiger partial charge on any atom is -0.464 e. The molecule has 0 spiro atoms. The fourth-order valence-electron chi connectivity index (χ4n) is 2.88. The molecule has 0 saturated heterocycles. The molecule has 1 aromatic heterocycles. The van der Waals surface area contributed by atoms with E-state index in [4.69, 9.17) is 4.42 Å². The summed E-state index contributed by atoms with van der Waals surface area (Å²) in [7, 11) is 1.29. The second-order valence-corrected chi connectivity index (χ2v) is 7.22. The summed E-state index contributed by atoms with van der Waals surface area (Å²) < 4.78 is 9.99. The first-order chi connectivity index (χ1) is 11.3. The molecule has 0 radical (unpaired) electrons. The summed E-state index contributed by atoms with van der Waals surface area (Å²) in [5, 5.41) is 3.00. The van der Waals surface area contributed by atoms with Gasteiger partial charge in [0.05, 0.1) is 13.7 Å². The molecular weight excluding hydrogens is 310 g/mol. The number of aromatic nitrogens is 1. The second kappa shape index (κ2) is 7.68. The second-order valence-electron chi connectivity index (χ2n) is 7.22. The highest BCUT2D eigenvalue weighted by molar-refractivity contribution is 5.86. The van der Waals surface area contributed by atoms with Crippen LogP contribution in [0.2, 0.25) is 0 Å². The average molecular weight is 337 g/mol. The van der Waals surface area contributed by atoms with Gasteiger partial charge in [-0.2, -0.15) is 0 Å². The molecule has 0 bridgehead atoms. The SMILES string of the molecule is COC(=O)c1coc(CN(C(=O)NC(C)(C)C)C2CCCCC2)n1. The summed E-state index contributed by atoms with van der Waals surface area (Å²) in [6.45, 7) is 6.09. The van der Waals surface area contributed by atoms with Gasteiger partial charge in [-0.15, -0.1) is 0 Å². The van der Waals surface area contributed by atoms with E-state index in [0.29, 0.717) is 5.89 Å². The summed E-state index contributed by atoms with van der Waals surface area (Å²) in [6, 6.07) is 0.0294.